The second-order valence-electron chi connectivity index (χ2n) is 9.31. The number of carbonyl (C=O) groups excluding carboxylic acids is 1. The molecule has 8 nitrogen and oxygen atoms in total. The van der Waals surface area contributed by atoms with Gasteiger partial charge in [-0.1, -0.05) is 53.3 Å². The third kappa shape index (κ3) is 5.82. The van der Waals surface area contributed by atoms with Crippen LogP contribution in [0.25, 0.3) is 21.6 Å². The van der Waals surface area contributed by atoms with Gasteiger partial charge in [0.05, 0.1) is 20.9 Å². The van der Waals surface area contributed by atoms with E-state index in [1.54, 1.807) is 12.1 Å². The zero-order valence-electron chi connectivity index (χ0n) is 20.6. The van der Waals surface area contributed by atoms with Gasteiger partial charge in [0, 0.05) is 25.2 Å². The van der Waals surface area contributed by atoms with E-state index in [1.807, 2.05) is 37.3 Å². The lowest BCUT2D eigenvalue weighted by molar-refractivity contribution is 0.0956. The van der Waals surface area contributed by atoms with E-state index in [-0.39, 0.29) is 10.8 Å². The highest BCUT2D eigenvalue weighted by Crippen LogP contribution is 2.34. The molecule has 0 unspecified atom stereocenters. The number of sulfonamides is 1. The Morgan fingerprint density at radius 3 is 2.41 bits per heavy atom. The molecular formula is C27H29N5O3S2. The number of primary sulfonamides is 1. The van der Waals surface area contributed by atoms with Crippen LogP contribution in [-0.2, 0) is 16.4 Å². The van der Waals surface area contributed by atoms with Gasteiger partial charge in [-0.05, 0) is 56.4 Å². The molecule has 0 atom stereocenters. The van der Waals surface area contributed by atoms with Gasteiger partial charge in [0.25, 0.3) is 5.91 Å². The van der Waals surface area contributed by atoms with Gasteiger partial charge in [0.1, 0.15) is 0 Å². The number of hydrogen-bond acceptors (Lipinski definition) is 7. The van der Waals surface area contributed by atoms with Gasteiger partial charge in [-0.2, -0.15) is 4.98 Å². The van der Waals surface area contributed by atoms with Crippen molar-refractivity contribution in [1.82, 2.24) is 15.3 Å². The van der Waals surface area contributed by atoms with E-state index < -0.39 is 10.0 Å². The molecule has 0 radical (unpaired) electrons. The monoisotopic (exact) mass is 535 g/mol. The number of nitrogens with two attached hydrogens (primary N) is 1. The largest absolute Gasteiger partial charge is 0.352 e. The molecule has 0 aliphatic carbocycles. The number of rotatable bonds is 7. The highest BCUT2D eigenvalue weighted by molar-refractivity contribution is 7.89. The number of nitrogens with one attached hydrogen (secondary N) is 1. The molecule has 5 rings (SSSR count). The summed E-state index contributed by atoms with van der Waals surface area (Å²) >= 11 is 1.52. The number of thiazole rings is 1. The lowest BCUT2D eigenvalue weighted by Gasteiger charge is -2.25. The second-order valence-corrected chi connectivity index (χ2v) is 11.9. The van der Waals surface area contributed by atoms with Crippen LogP contribution in [0.15, 0.2) is 59.5 Å². The SMILES string of the molecule is Cc1ccc(-c2cc(C(=O)NCCc3ccc(S(N)(=O)=O)cc3)c3sc(N4CCCCC4)nc3n2)cc1. The number of carbonyl (C=O) groups is 1. The molecule has 1 saturated heterocycles. The lowest BCUT2D eigenvalue weighted by Crippen LogP contribution is -2.29. The summed E-state index contributed by atoms with van der Waals surface area (Å²) < 4.78 is 23.7. The van der Waals surface area contributed by atoms with Gasteiger partial charge in [0.2, 0.25) is 10.0 Å². The van der Waals surface area contributed by atoms with Crippen molar-refractivity contribution in [2.45, 2.75) is 37.5 Å². The maximum Gasteiger partial charge on any atom is 0.252 e. The average molecular weight is 536 g/mol. The Bertz CT molecular complexity index is 1530. The summed E-state index contributed by atoms with van der Waals surface area (Å²) in [5.74, 6) is -0.184. The molecule has 1 aliphatic heterocycles. The topological polar surface area (TPSA) is 118 Å². The summed E-state index contributed by atoms with van der Waals surface area (Å²) in [5, 5.41) is 9.10. The summed E-state index contributed by atoms with van der Waals surface area (Å²) in [6.45, 7) is 4.37. The number of anilines is 1. The minimum Gasteiger partial charge on any atom is -0.352 e. The van der Waals surface area contributed by atoms with Crippen LogP contribution < -0.4 is 15.4 Å². The number of aromatic nitrogens is 2. The molecule has 1 fully saturated rings. The van der Waals surface area contributed by atoms with Crippen molar-refractivity contribution in [3.63, 3.8) is 0 Å². The molecule has 3 heterocycles. The van der Waals surface area contributed by atoms with Crippen molar-refractivity contribution in [3.05, 3.63) is 71.3 Å². The molecule has 0 spiro atoms. The van der Waals surface area contributed by atoms with Crippen molar-refractivity contribution in [2.24, 2.45) is 5.14 Å². The summed E-state index contributed by atoms with van der Waals surface area (Å²) in [5.41, 5.74) is 4.85. The molecule has 192 valence electrons. The molecular weight excluding hydrogens is 506 g/mol. The third-order valence-corrected chi connectivity index (χ3v) is 8.59. The summed E-state index contributed by atoms with van der Waals surface area (Å²) in [4.78, 5) is 25.4. The maximum absolute atomic E-state index is 13.4. The molecule has 37 heavy (non-hydrogen) atoms. The van der Waals surface area contributed by atoms with Gasteiger partial charge in [-0.25, -0.2) is 18.5 Å². The number of amides is 1. The number of hydrogen-bond donors (Lipinski definition) is 2. The molecule has 3 N–H and O–H groups in total. The van der Waals surface area contributed by atoms with Gasteiger partial charge in [0.15, 0.2) is 10.8 Å². The summed E-state index contributed by atoms with van der Waals surface area (Å²) in [7, 11) is -3.73. The Morgan fingerprint density at radius 1 is 1.03 bits per heavy atom. The van der Waals surface area contributed by atoms with E-state index >= 15 is 0 Å². The smallest absolute Gasteiger partial charge is 0.252 e. The lowest BCUT2D eigenvalue weighted by atomic mass is 10.1. The van der Waals surface area contributed by atoms with E-state index in [9.17, 15) is 13.2 Å². The van der Waals surface area contributed by atoms with Crippen molar-refractivity contribution in [3.8, 4) is 11.3 Å². The van der Waals surface area contributed by atoms with Crippen LogP contribution in [0.5, 0.6) is 0 Å². The molecule has 2 aromatic carbocycles. The zero-order chi connectivity index (χ0) is 26.0. The second kappa shape index (κ2) is 10.6. The predicted molar refractivity (Wildman–Crippen MR) is 148 cm³/mol. The van der Waals surface area contributed by atoms with Crippen LogP contribution >= 0.6 is 11.3 Å². The first-order chi connectivity index (χ1) is 17.8. The van der Waals surface area contributed by atoms with Crippen molar-refractivity contribution in [2.75, 3.05) is 24.5 Å². The number of nitrogens with zero attached hydrogens (tertiary/aromatic N) is 3. The zero-order valence-corrected chi connectivity index (χ0v) is 22.2. The number of pyridine rings is 1. The molecule has 4 aromatic rings. The number of benzene rings is 2. The van der Waals surface area contributed by atoms with Crippen LogP contribution in [0.4, 0.5) is 5.13 Å². The first-order valence-electron chi connectivity index (χ1n) is 12.3. The molecule has 1 aliphatic rings. The Kier molecular flexibility index (Phi) is 7.23. The highest BCUT2D eigenvalue weighted by Gasteiger charge is 2.21. The van der Waals surface area contributed by atoms with Crippen LogP contribution in [0.2, 0.25) is 0 Å². The standard InChI is InChI=1S/C27H29N5O3S2/c1-18-5-9-20(10-6-18)23-17-22(24-25(30-23)31-27(36-24)32-15-3-2-4-16-32)26(33)29-14-13-19-7-11-21(12-8-19)37(28,34)35/h5-12,17H,2-4,13-16H2,1H3,(H,29,33)(H2,28,34,35). The van der Waals surface area contributed by atoms with Gasteiger partial charge >= 0.3 is 0 Å². The normalized spacial score (nSPS) is 14.2. The highest BCUT2D eigenvalue weighted by atomic mass is 32.2. The van der Waals surface area contributed by atoms with Crippen molar-refractivity contribution >= 4 is 42.7 Å². The Labute approximate surface area is 220 Å². The Hall–Kier alpha value is -3.34. The minimum absolute atomic E-state index is 0.0674. The number of piperidine rings is 1. The number of fused-ring (bicyclic) bond motifs is 1. The van der Waals surface area contributed by atoms with Crippen LogP contribution in [0, 0.1) is 6.92 Å². The van der Waals surface area contributed by atoms with Crippen LogP contribution in [0.1, 0.15) is 40.7 Å². The van der Waals surface area contributed by atoms with E-state index in [4.69, 9.17) is 15.1 Å². The van der Waals surface area contributed by atoms with Gasteiger partial charge in [-0.15, -0.1) is 0 Å². The van der Waals surface area contributed by atoms with Gasteiger partial charge in [-0.3, -0.25) is 4.79 Å². The maximum atomic E-state index is 13.4. The molecule has 0 saturated carbocycles. The van der Waals surface area contributed by atoms with E-state index in [0.717, 1.165) is 52.5 Å². The minimum atomic E-state index is -3.73. The molecule has 0 bridgehead atoms. The molecule has 10 heteroatoms. The summed E-state index contributed by atoms with van der Waals surface area (Å²) in [6, 6.07) is 16.3. The molecule has 2 aromatic heterocycles. The fraction of sp³-hybridized carbons (Fsp3) is 0.296. The van der Waals surface area contributed by atoms with E-state index in [1.165, 1.54) is 29.9 Å². The van der Waals surface area contributed by atoms with Crippen LogP contribution in [0.3, 0.4) is 0 Å². The first-order valence-corrected chi connectivity index (χ1v) is 14.7. The van der Waals surface area contributed by atoms with E-state index in [0.29, 0.717) is 29.9 Å². The van der Waals surface area contributed by atoms with Gasteiger partial charge < -0.3 is 10.2 Å². The quantitative estimate of drug-likeness (QED) is 0.365. The summed E-state index contributed by atoms with van der Waals surface area (Å²) in [6.07, 6.45) is 4.07. The molecule has 1 amide bonds. The predicted octanol–water partition coefficient (Wildman–Crippen LogP) is 4.28. The fourth-order valence-corrected chi connectivity index (χ4v) is 6.01. The first kappa shape index (κ1) is 25.3. The van der Waals surface area contributed by atoms with Crippen molar-refractivity contribution in [1.29, 1.82) is 0 Å². The van der Waals surface area contributed by atoms with Crippen molar-refractivity contribution < 1.29 is 13.2 Å². The van der Waals surface area contributed by atoms with E-state index in [2.05, 4.69) is 10.2 Å². The number of aryl methyl sites for hydroxylation is 1. The van der Waals surface area contributed by atoms with Crippen LogP contribution in [-0.4, -0.2) is 43.9 Å². The average Bonchev–Trinajstić information content (AvgIpc) is 3.33. The third-order valence-electron chi connectivity index (χ3n) is 6.52. The Morgan fingerprint density at radius 2 is 1.73 bits per heavy atom. The fourth-order valence-electron chi connectivity index (χ4n) is 4.42. The Balaban J connectivity index is 1.40.